The fourth-order valence-electron chi connectivity index (χ4n) is 3.86. The van der Waals surface area contributed by atoms with Gasteiger partial charge in [0.15, 0.2) is 5.82 Å². The maximum Gasteiger partial charge on any atom is 0.162 e. The molecule has 1 aliphatic rings. The fourth-order valence-corrected chi connectivity index (χ4v) is 4.79. The molecule has 0 radical (unpaired) electrons. The summed E-state index contributed by atoms with van der Waals surface area (Å²) in [4.78, 5) is 23.7. The van der Waals surface area contributed by atoms with Crippen LogP contribution >= 0.6 is 11.3 Å². The van der Waals surface area contributed by atoms with Gasteiger partial charge in [-0.2, -0.15) is 0 Å². The smallest absolute Gasteiger partial charge is 0.162 e. The van der Waals surface area contributed by atoms with Crippen molar-refractivity contribution in [1.29, 1.82) is 0 Å². The van der Waals surface area contributed by atoms with Crippen molar-refractivity contribution in [2.75, 3.05) is 31.1 Å². The zero-order chi connectivity index (χ0) is 18.2. The van der Waals surface area contributed by atoms with Crippen molar-refractivity contribution in [3.63, 3.8) is 0 Å². The predicted octanol–water partition coefficient (Wildman–Crippen LogP) is 2.04. The van der Waals surface area contributed by atoms with E-state index in [0.717, 1.165) is 66.7 Å². The molecule has 0 aliphatic carbocycles. The van der Waals surface area contributed by atoms with Crippen molar-refractivity contribution in [3.8, 4) is 0 Å². The Labute approximate surface area is 161 Å². The van der Waals surface area contributed by atoms with E-state index < -0.39 is 0 Å². The van der Waals surface area contributed by atoms with Gasteiger partial charge in [0, 0.05) is 4.88 Å². The molecule has 6 nitrogen and oxygen atoms in total. The first-order valence-electron chi connectivity index (χ1n) is 9.55. The minimum Gasteiger partial charge on any atom is -0.345 e. The summed E-state index contributed by atoms with van der Waals surface area (Å²) >= 11 is 1.78. The second-order valence-electron chi connectivity index (χ2n) is 7.10. The van der Waals surface area contributed by atoms with Crippen LogP contribution < -0.4 is 9.80 Å². The Kier molecular flexibility index (Phi) is 4.26. The monoisotopic (exact) mass is 379 g/mol. The number of quaternary nitrogens is 1. The van der Waals surface area contributed by atoms with E-state index in [0.29, 0.717) is 0 Å². The number of fused-ring (bicyclic) bond motifs is 2. The summed E-state index contributed by atoms with van der Waals surface area (Å²) in [5, 5.41) is 1.21. The number of benzene rings is 1. The van der Waals surface area contributed by atoms with Crippen molar-refractivity contribution in [1.82, 2.24) is 19.9 Å². The van der Waals surface area contributed by atoms with Crippen LogP contribution in [0.4, 0.5) is 5.82 Å². The van der Waals surface area contributed by atoms with Crippen LogP contribution in [-0.4, -0.2) is 46.1 Å². The molecule has 3 aromatic heterocycles. The first-order valence-corrected chi connectivity index (χ1v) is 10.4. The van der Waals surface area contributed by atoms with Crippen molar-refractivity contribution < 1.29 is 4.90 Å². The summed E-state index contributed by atoms with van der Waals surface area (Å²) in [6.07, 6.45) is 2.76. The maximum absolute atomic E-state index is 4.73. The van der Waals surface area contributed by atoms with Gasteiger partial charge in [0.25, 0.3) is 0 Å². The number of nitrogens with one attached hydrogen (secondary N) is 2. The van der Waals surface area contributed by atoms with Crippen molar-refractivity contribution in [2.45, 2.75) is 19.9 Å². The quantitative estimate of drug-likeness (QED) is 0.570. The highest BCUT2D eigenvalue weighted by molar-refractivity contribution is 7.18. The Morgan fingerprint density at radius 3 is 2.85 bits per heavy atom. The Balaban J connectivity index is 1.29. The molecule has 0 unspecified atom stereocenters. The number of nitrogens with zero attached hydrogens (tertiary/aromatic N) is 4. The highest BCUT2D eigenvalue weighted by Gasteiger charge is 2.24. The van der Waals surface area contributed by atoms with Crippen LogP contribution in [0.25, 0.3) is 21.3 Å². The molecule has 0 bridgehead atoms. The van der Waals surface area contributed by atoms with Gasteiger partial charge in [0.2, 0.25) is 0 Å². The summed E-state index contributed by atoms with van der Waals surface area (Å²) in [6, 6.07) is 10.5. The molecule has 1 aliphatic heterocycles. The third-order valence-corrected chi connectivity index (χ3v) is 6.52. The lowest BCUT2D eigenvalue weighted by Gasteiger charge is -2.32. The number of hydrogen-bond donors (Lipinski definition) is 2. The molecule has 4 aromatic rings. The van der Waals surface area contributed by atoms with E-state index >= 15 is 0 Å². The summed E-state index contributed by atoms with van der Waals surface area (Å²) in [6.45, 7) is 7.34. The highest BCUT2D eigenvalue weighted by Crippen LogP contribution is 2.30. The molecule has 0 saturated carbocycles. The van der Waals surface area contributed by atoms with Gasteiger partial charge < -0.3 is 14.8 Å². The van der Waals surface area contributed by atoms with E-state index in [4.69, 9.17) is 4.98 Å². The van der Waals surface area contributed by atoms with E-state index in [1.165, 1.54) is 10.3 Å². The minimum atomic E-state index is 0.945. The number of aromatic amines is 1. The third kappa shape index (κ3) is 3.17. The summed E-state index contributed by atoms with van der Waals surface area (Å²) in [5.74, 6) is 2.17. The van der Waals surface area contributed by atoms with E-state index in [1.54, 1.807) is 22.6 Å². The summed E-state index contributed by atoms with van der Waals surface area (Å²) < 4.78 is 0. The minimum absolute atomic E-state index is 0.945. The Bertz CT molecular complexity index is 1040. The van der Waals surface area contributed by atoms with Crippen molar-refractivity contribution in [2.24, 2.45) is 0 Å². The molecule has 7 heteroatoms. The van der Waals surface area contributed by atoms with Gasteiger partial charge in [-0.25, -0.2) is 15.0 Å². The largest absolute Gasteiger partial charge is 0.345 e. The lowest BCUT2D eigenvalue weighted by molar-refractivity contribution is -0.914. The van der Waals surface area contributed by atoms with Crippen LogP contribution in [0.5, 0.6) is 0 Å². The van der Waals surface area contributed by atoms with E-state index in [2.05, 4.69) is 45.0 Å². The molecular weight excluding hydrogens is 356 g/mol. The first-order chi connectivity index (χ1) is 13.3. The van der Waals surface area contributed by atoms with Gasteiger partial charge in [-0.3, -0.25) is 0 Å². The number of hydrogen-bond acceptors (Lipinski definition) is 5. The summed E-state index contributed by atoms with van der Waals surface area (Å²) in [7, 11) is 0. The second kappa shape index (κ2) is 6.90. The summed E-state index contributed by atoms with van der Waals surface area (Å²) in [5.41, 5.74) is 2.18. The van der Waals surface area contributed by atoms with Gasteiger partial charge in [-0.15, -0.1) is 11.3 Å². The van der Waals surface area contributed by atoms with E-state index in [1.807, 2.05) is 12.1 Å². The number of aromatic nitrogens is 4. The molecule has 0 spiro atoms. The molecule has 1 saturated heterocycles. The zero-order valence-corrected chi connectivity index (χ0v) is 16.2. The van der Waals surface area contributed by atoms with Crippen LogP contribution in [0.1, 0.15) is 17.6 Å². The molecule has 138 valence electrons. The van der Waals surface area contributed by atoms with Crippen LogP contribution in [-0.2, 0) is 13.0 Å². The Morgan fingerprint density at radius 2 is 2.04 bits per heavy atom. The number of thiophene rings is 1. The number of rotatable bonds is 4. The van der Waals surface area contributed by atoms with E-state index in [9.17, 15) is 0 Å². The molecule has 0 amide bonds. The average molecular weight is 380 g/mol. The molecule has 1 aromatic carbocycles. The standard InChI is InChI=1S/C20H22N6S/c1-2-14-11-15-19(21-13-22-20(15)27-14)26-9-7-25(8-10-26)12-18-23-16-5-3-4-6-17(16)24-18/h3-6,11,13H,2,7-10,12H2,1H3,(H,23,24)/p+1. The number of piperazine rings is 1. The third-order valence-electron chi connectivity index (χ3n) is 5.33. The molecule has 4 heterocycles. The van der Waals surface area contributed by atoms with Crippen LogP contribution in [0.3, 0.4) is 0 Å². The topological polar surface area (TPSA) is 62.1 Å². The van der Waals surface area contributed by atoms with Gasteiger partial charge in [-0.05, 0) is 24.6 Å². The Hall–Kier alpha value is -2.51. The predicted molar refractivity (Wildman–Crippen MR) is 110 cm³/mol. The van der Waals surface area contributed by atoms with Crippen LogP contribution in [0, 0.1) is 0 Å². The van der Waals surface area contributed by atoms with Gasteiger partial charge >= 0.3 is 0 Å². The number of aryl methyl sites for hydroxylation is 1. The van der Waals surface area contributed by atoms with Gasteiger partial charge in [0.1, 0.15) is 23.5 Å². The van der Waals surface area contributed by atoms with E-state index in [-0.39, 0.29) is 0 Å². The first kappa shape index (κ1) is 16.6. The molecular formula is C20H23N6S+. The highest BCUT2D eigenvalue weighted by atomic mass is 32.1. The molecule has 1 fully saturated rings. The molecule has 0 atom stereocenters. The number of H-pyrrole nitrogens is 1. The molecule has 27 heavy (non-hydrogen) atoms. The van der Waals surface area contributed by atoms with Crippen molar-refractivity contribution >= 4 is 38.4 Å². The maximum atomic E-state index is 4.73. The van der Waals surface area contributed by atoms with Crippen LogP contribution in [0.2, 0.25) is 0 Å². The number of imidazole rings is 1. The number of para-hydroxylation sites is 2. The van der Waals surface area contributed by atoms with Crippen molar-refractivity contribution in [3.05, 3.63) is 47.4 Å². The number of anilines is 1. The zero-order valence-electron chi connectivity index (χ0n) is 15.4. The van der Waals surface area contributed by atoms with Crippen LogP contribution in [0.15, 0.2) is 36.7 Å². The normalized spacial score (nSPS) is 15.8. The lowest BCUT2D eigenvalue weighted by Crippen LogP contribution is -3.13. The lowest BCUT2D eigenvalue weighted by atomic mass is 10.2. The molecule has 5 rings (SSSR count). The Morgan fingerprint density at radius 1 is 1.19 bits per heavy atom. The molecule has 2 N–H and O–H groups in total. The van der Waals surface area contributed by atoms with Gasteiger partial charge in [-0.1, -0.05) is 19.1 Å². The SMILES string of the molecule is CCc1cc2c(N3CC[NH+](Cc4nc5ccccc5[nH]4)CC3)ncnc2s1. The van der Waals surface area contributed by atoms with Gasteiger partial charge in [0.05, 0.1) is 42.6 Å². The average Bonchev–Trinajstić information content (AvgIpc) is 3.31. The second-order valence-corrected chi connectivity index (χ2v) is 8.21. The fraction of sp³-hybridized carbons (Fsp3) is 0.350.